The highest BCUT2D eigenvalue weighted by molar-refractivity contribution is 9.10. The van der Waals surface area contributed by atoms with E-state index in [1.165, 1.54) is 0 Å². The number of aryl methyl sites for hydroxylation is 2. The van der Waals surface area contributed by atoms with Crippen LogP contribution in [-0.2, 0) is 5.60 Å². The zero-order valence-electron chi connectivity index (χ0n) is 10.9. The monoisotopic (exact) mass is 309 g/mol. The number of halogens is 1. The third-order valence-corrected chi connectivity index (χ3v) is 4.06. The molecule has 18 heavy (non-hydrogen) atoms. The summed E-state index contributed by atoms with van der Waals surface area (Å²) in [5.74, 6) is 0. The zero-order valence-corrected chi connectivity index (χ0v) is 12.5. The Kier molecular flexibility index (Phi) is 3.29. The molecule has 0 bridgehead atoms. The Morgan fingerprint density at radius 2 is 1.78 bits per heavy atom. The summed E-state index contributed by atoms with van der Waals surface area (Å²) in [4.78, 5) is 0. The maximum absolute atomic E-state index is 9.88. The number of aliphatic hydroxyl groups is 1. The van der Waals surface area contributed by atoms with Gasteiger partial charge in [-0.3, -0.25) is 0 Å². The summed E-state index contributed by atoms with van der Waals surface area (Å²) in [6.45, 7) is 7.46. The molecule has 0 aliphatic rings. The maximum Gasteiger partial charge on any atom is 0.114 e. The molecule has 0 amide bonds. The molecular weight excluding hydrogens is 294 g/mol. The van der Waals surface area contributed by atoms with E-state index in [-0.39, 0.29) is 0 Å². The normalized spacial score (nSPS) is 11.9. The van der Waals surface area contributed by atoms with E-state index in [9.17, 15) is 5.11 Å². The summed E-state index contributed by atoms with van der Waals surface area (Å²) < 4.78 is 2.79. The number of rotatable bonds is 2. The SMILES string of the molecule is Cc1cc(-n2cc(C(C)(C)O)nn2)cc(C)c1Br. The van der Waals surface area contributed by atoms with E-state index >= 15 is 0 Å². The molecule has 1 aromatic heterocycles. The smallest absolute Gasteiger partial charge is 0.114 e. The second kappa shape index (κ2) is 4.48. The quantitative estimate of drug-likeness (QED) is 0.928. The van der Waals surface area contributed by atoms with Gasteiger partial charge in [0.15, 0.2) is 0 Å². The van der Waals surface area contributed by atoms with Crippen molar-refractivity contribution in [3.63, 3.8) is 0 Å². The van der Waals surface area contributed by atoms with Gasteiger partial charge in [-0.05, 0) is 51.0 Å². The molecule has 1 heterocycles. The molecule has 0 radical (unpaired) electrons. The van der Waals surface area contributed by atoms with Gasteiger partial charge in [0, 0.05) is 4.47 Å². The molecule has 2 aromatic rings. The van der Waals surface area contributed by atoms with Crippen molar-refractivity contribution in [1.29, 1.82) is 0 Å². The summed E-state index contributed by atoms with van der Waals surface area (Å²) in [6.07, 6.45) is 1.75. The predicted molar refractivity (Wildman–Crippen MR) is 73.8 cm³/mol. The van der Waals surface area contributed by atoms with Gasteiger partial charge < -0.3 is 5.11 Å². The molecule has 1 N–H and O–H groups in total. The standard InChI is InChI=1S/C13H16BrN3O/c1-8-5-10(6-9(2)12(8)14)17-7-11(15-16-17)13(3,4)18/h5-7,18H,1-4H3. The second-order valence-electron chi connectivity index (χ2n) is 5.00. The third kappa shape index (κ3) is 2.47. The fourth-order valence-corrected chi connectivity index (χ4v) is 1.95. The van der Waals surface area contributed by atoms with E-state index in [2.05, 4.69) is 26.2 Å². The minimum Gasteiger partial charge on any atom is -0.384 e. The van der Waals surface area contributed by atoms with Gasteiger partial charge in [0.2, 0.25) is 0 Å². The van der Waals surface area contributed by atoms with Crippen LogP contribution in [0.2, 0.25) is 0 Å². The van der Waals surface area contributed by atoms with Gasteiger partial charge in [0.1, 0.15) is 11.3 Å². The van der Waals surface area contributed by atoms with Crippen molar-refractivity contribution in [1.82, 2.24) is 15.0 Å². The molecule has 0 fully saturated rings. The van der Waals surface area contributed by atoms with Gasteiger partial charge in [-0.15, -0.1) is 5.10 Å². The largest absolute Gasteiger partial charge is 0.384 e. The van der Waals surface area contributed by atoms with Crippen molar-refractivity contribution in [2.75, 3.05) is 0 Å². The maximum atomic E-state index is 9.88. The fourth-order valence-electron chi connectivity index (χ4n) is 1.73. The summed E-state index contributed by atoms with van der Waals surface area (Å²) in [5, 5.41) is 17.9. The molecule has 5 heteroatoms. The van der Waals surface area contributed by atoms with Crippen molar-refractivity contribution < 1.29 is 5.11 Å². The van der Waals surface area contributed by atoms with Gasteiger partial charge in [0.25, 0.3) is 0 Å². The summed E-state index contributed by atoms with van der Waals surface area (Å²) >= 11 is 3.54. The highest BCUT2D eigenvalue weighted by atomic mass is 79.9. The second-order valence-corrected chi connectivity index (χ2v) is 5.79. The molecule has 96 valence electrons. The molecule has 0 atom stereocenters. The topological polar surface area (TPSA) is 50.9 Å². The van der Waals surface area contributed by atoms with Crippen LogP contribution in [0, 0.1) is 13.8 Å². The van der Waals surface area contributed by atoms with E-state index in [1.54, 1.807) is 24.7 Å². The minimum atomic E-state index is -0.975. The minimum absolute atomic E-state index is 0.556. The van der Waals surface area contributed by atoms with Crippen molar-refractivity contribution in [2.24, 2.45) is 0 Å². The number of benzene rings is 1. The van der Waals surface area contributed by atoms with Crippen LogP contribution in [0.5, 0.6) is 0 Å². The van der Waals surface area contributed by atoms with Crippen molar-refractivity contribution in [2.45, 2.75) is 33.3 Å². The number of nitrogens with zero attached hydrogens (tertiary/aromatic N) is 3. The van der Waals surface area contributed by atoms with Crippen molar-refractivity contribution >= 4 is 15.9 Å². The molecule has 2 rings (SSSR count). The lowest BCUT2D eigenvalue weighted by Gasteiger charge is -2.12. The van der Waals surface area contributed by atoms with Gasteiger partial charge in [-0.25, -0.2) is 4.68 Å². The Morgan fingerprint density at radius 3 is 2.22 bits per heavy atom. The first-order chi connectivity index (χ1) is 8.29. The van der Waals surface area contributed by atoms with Crippen LogP contribution >= 0.6 is 15.9 Å². The van der Waals surface area contributed by atoms with Crippen LogP contribution in [0.3, 0.4) is 0 Å². The van der Waals surface area contributed by atoms with E-state index in [1.807, 2.05) is 26.0 Å². The molecular formula is C13H16BrN3O. The van der Waals surface area contributed by atoms with Crippen molar-refractivity contribution in [3.8, 4) is 5.69 Å². The third-order valence-electron chi connectivity index (χ3n) is 2.81. The molecule has 0 saturated heterocycles. The van der Waals surface area contributed by atoms with Crippen LogP contribution in [0.1, 0.15) is 30.7 Å². The van der Waals surface area contributed by atoms with Gasteiger partial charge in [-0.2, -0.15) is 0 Å². The number of aromatic nitrogens is 3. The first-order valence-electron chi connectivity index (χ1n) is 5.71. The first-order valence-corrected chi connectivity index (χ1v) is 6.50. The number of hydrogen-bond acceptors (Lipinski definition) is 3. The summed E-state index contributed by atoms with van der Waals surface area (Å²) in [6, 6.07) is 4.06. The van der Waals surface area contributed by atoms with Crippen LogP contribution < -0.4 is 0 Å². The van der Waals surface area contributed by atoms with E-state index in [0.717, 1.165) is 21.3 Å². The summed E-state index contributed by atoms with van der Waals surface area (Å²) in [5.41, 5.74) is 2.81. The lowest BCUT2D eigenvalue weighted by Crippen LogP contribution is -2.15. The highest BCUT2D eigenvalue weighted by Gasteiger charge is 2.20. The van der Waals surface area contributed by atoms with Crippen molar-refractivity contribution in [3.05, 3.63) is 39.6 Å². The van der Waals surface area contributed by atoms with E-state index < -0.39 is 5.60 Å². The molecule has 0 aliphatic carbocycles. The molecule has 0 unspecified atom stereocenters. The fraction of sp³-hybridized carbons (Fsp3) is 0.385. The predicted octanol–water partition coefficient (Wildman–Crippen LogP) is 2.87. The Balaban J connectivity index is 2.47. The molecule has 1 aromatic carbocycles. The van der Waals surface area contributed by atoms with E-state index in [0.29, 0.717) is 5.69 Å². The van der Waals surface area contributed by atoms with Gasteiger partial charge in [0.05, 0.1) is 11.9 Å². The van der Waals surface area contributed by atoms with E-state index in [4.69, 9.17) is 0 Å². The molecule has 0 spiro atoms. The highest BCUT2D eigenvalue weighted by Crippen LogP contribution is 2.25. The Bertz CT molecular complexity index is 561. The summed E-state index contributed by atoms with van der Waals surface area (Å²) in [7, 11) is 0. The average Bonchev–Trinajstić information content (AvgIpc) is 2.73. The Hall–Kier alpha value is -1.20. The lowest BCUT2D eigenvalue weighted by molar-refractivity contribution is 0.0737. The Labute approximate surface area is 115 Å². The Morgan fingerprint density at radius 1 is 1.22 bits per heavy atom. The molecule has 0 aliphatic heterocycles. The van der Waals surface area contributed by atoms with Crippen LogP contribution in [0.25, 0.3) is 5.69 Å². The number of hydrogen-bond donors (Lipinski definition) is 1. The first kappa shape index (κ1) is 13.2. The van der Waals surface area contributed by atoms with Crippen LogP contribution in [-0.4, -0.2) is 20.1 Å². The zero-order chi connectivity index (χ0) is 13.5. The van der Waals surface area contributed by atoms with Gasteiger partial charge in [-0.1, -0.05) is 21.1 Å². The average molecular weight is 310 g/mol. The van der Waals surface area contributed by atoms with Crippen LogP contribution in [0.15, 0.2) is 22.8 Å². The lowest BCUT2D eigenvalue weighted by atomic mass is 10.1. The van der Waals surface area contributed by atoms with Crippen LogP contribution in [0.4, 0.5) is 0 Å². The molecule has 4 nitrogen and oxygen atoms in total. The molecule has 0 saturated carbocycles. The van der Waals surface area contributed by atoms with Gasteiger partial charge >= 0.3 is 0 Å².